The molecule has 0 unspecified atom stereocenters. The predicted octanol–water partition coefficient (Wildman–Crippen LogP) is 2.53. The quantitative estimate of drug-likeness (QED) is 0.572. The molecule has 0 aliphatic rings. The van der Waals surface area contributed by atoms with E-state index in [1.54, 1.807) is 18.2 Å². The lowest BCUT2D eigenvalue weighted by molar-refractivity contribution is 0.475. The fraction of sp³-hybridized carbons (Fsp3) is 0. The van der Waals surface area contributed by atoms with E-state index < -0.39 is 0 Å². The summed E-state index contributed by atoms with van der Waals surface area (Å²) < 4.78 is 0. The highest BCUT2D eigenvalue weighted by Gasteiger charge is 1.91. The third kappa shape index (κ3) is 2.97. The third-order valence-electron chi connectivity index (χ3n) is 1.54. The molecule has 0 saturated heterocycles. The summed E-state index contributed by atoms with van der Waals surface area (Å²) in [4.78, 5) is 0.894. The number of allylic oxidation sites excluding steroid dienone is 1. The molecule has 0 heterocycles. The molecule has 0 saturated carbocycles. The number of nitrogens with two attached hydrogens (primary N) is 1. The highest BCUT2D eigenvalue weighted by molar-refractivity contribution is 8.01. The van der Waals surface area contributed by atoms with E-state index in [-0.39, 0.29) is 5.75 Å². The van der Waals surface area contributed by atoms with E-state index in [0.29, 0.717) is 0 Å². The molecule has 0 amide bonds. The van der Waals surface area contributed by atoms with Crippen LogP contribution in [0, 0.1) is 0 Å². The van der Waals surface area contributed by atoms with E-state index in [1.165, 1.54) is 0 Å². The Morgan fingerprint density at radius 1 is 1.38 bits per heavy atom. The molecule has 0 aliphatic heterocycles. The van der Waals surface area contributed by atoms with Crippen LogP contribution in [0.15, 0.2) is 41.8 Å². The minimum atomic E-state index is 0.262. The zero-order valence-corrected chi connectivity index (χ0v) is 7.92. The van der Waals surface area contributed by atoms with Crippen molar-refractivity contribution in [3.63, 3.8) is 0 Å². The van der Waals surface area contributed by atoms with Crippen molar-refractivity contribution in [1.82, 2.24) is 0 Å². The van der Waals surface area contributed by atoms with Gasteiger partial charge in [0.1, 0.15) is 5.75 Å². The highest BCUT2D eigenvalue weighted by atomic mass is 32.2. The summed E-state index contributed by atoms with van der Waals surface area (Å²) in [6.45, 7) is 3.63. The van der Waals surface area contributed by atoms with Gasteiger partial charge in [0.05, 0.1) is 0 Å². The maximum Gasteiger partial charge on any atom is 0.115 e. The van der Waals surface area contributed by atoms with Gasteiger partial charge in [0, 0.05) is 4.91 Å². The van der Waals surface area contributed by atoms with Crippen LogP contribution in [0.2, 0.25) is 0 Å². The maximum atomic E-state index is 9.03. The Kier molecular flexibility index (Phi) is 3.61. The zero-order chi connectivity index (χ0) is 9.68. The Morgan fingerprint density at radius 3 is 2.46 bits per heavy atom. The van der Waals surface area contributed by atoms with E-state index in [4.69, 9.17) is 10.2 Å². The Labute approximate surface area is 81.9 Å². The number of rotatable bonds is 3. The molecule has 1 aromatic rings. The van der Waals surface area contributed by atoms with Gasteiger partial charge in [-0.15, -0.1) is 0 Å². The molecular formula is C10H11NOS. The number of benzene rings is 1. The summed E-state index contributed by atoms with van der Waals surface area (Å²) in [5.41, 5.74) is 0.991. The van der Waals surface area contributed by atoms with Gasteiger partial charge in [-0.3, -0.25) is 5.14 Å². The minimum Gasteiger partial charge on any atom is -0.508 e. The van der Waals surface area contributed by atoms with Gasteiger partial charge in [0.2, 0.25) is 0 Å². The van der Waals surface area contributed by atoms with Gasteiger partial charge in [-0.05, 0) is 35.7 Å². The number of phenolic OH excluding ortho intramolecular Hbond substituents is 1. The topological polar surface area (TPSA) is 46.2 Å². The average Bonchev–Trinajstić information content (AvgIpc) is 2.17. The molecule has 1 rings (SSSR count). The fourth-order valence-corrected chi connectivity index (χ4v) is 1.18. The Balaban J connectivity index is 2.90. The summed E-state index contributed by atoms with van der Waals surface area (Å²) in [6, 6.07) is 6.89. The lowest BCUT2D eigenvalue weighted by atomic mass is 10.2. The van der Waals surface area contributed by atoms with Gasteiger partial charge in [-0.25, -0.2) is 0 Å². The smallest absolute Gasteiger partial charge is 0.115 e. The Morgan fingerprint density at radius 2 is 2.00 bits per heavy atom. The maximum absolute atomic E-state index is 9.03. The van der Waals surface area contributed by atoms with E-state index in [1.807, 2.05) is 18.2 Å². The fourth-order valence-electron chi connectivity index (χ4n) is 0.876. The van der Waals surface area contributed by atoms with Crippen molar-refractivity contribution in [1.29, 1.82) is 0 Å². The number of aromatic hydroxyl groups is 1. The standard InChI is InChI=1S/C10H11NOS/c1-2-10(13-11)7-8-3-5-9(12)6-4-8/h2-7,12H,1,11H2/b10-7-. The first kappa shape index (κ1) is 9.89. The molecule has 0 radical (unpaired) electrons. The van der Waals surface area contributed by atoms with Crippen LogP contribution >= 0.6 is 11.9 Å². The second-order valence-electron chi connectivity index (χ2n) is 2.46. The SMILES string of the molecule is C=C/C(=C/c1ccc(O)cc1)SN. The molecule has 3 heteroatoms. The average molecular weight is 193 g/mol. The molecule has 0 aromatic heterocycles. The highest BCUT2D eigenvalue weighted by Crippen LogP contribution is 2.16. The molecular weight excluding hydrogens is 182 g/mol. The van der Waals surface area contributed by atoms with Crippen LogP contribution in [0.3, 0.4) is 0 Å². The minimum absolute atomic E-state index is 0.262. The van der Waals surface area contributed by atoms with Crippen LogP contribution in [0.4, 0.5) is 0 Å². The molecule has 0 atom stereocenters. The molecule has 1 aromatic carbocycles. The van der Waals surface area contributed by atoms with Crippen molar-refractivity contribution in [3.05, 3.63) is 47.4 Å². The van der Waals surface area contributed by atoms with Crippen LogP contribution < -0.4 is 5.14 Å². The van der Waals surface area contributed by atoms with Crippen LogP contribution in [0.5, 0.6) is 5.75 Å². The molecule has 0 spiro atoms. The summed E-state index contributed by atoms with van der Waals surface area (Å²) >= 11 is 1.15. The molecule has 0 bridgehead atoms. The van der Waals surface area contributed by atoms with Crippen LogP contribution in [0.25, 0.3) is 6.08 Å². The third-order valence-corrected chi connectivity index (χ3v) is 2.10. The monoisotopic (exact) mass is 193 g/mol. The van der Waals surface area contributed by atoms with Crippen LogP contribution in [-0.2, 0) is 0 Å². The normalized spacial score (nSPS) is 11.3. The zero-order valence-electron chi connectivity index (χ0n) is 7.10. The summed E-state index contributed by atoms with van der Waals surface area (Å²) in [5, 5.41) is 14.4. The van der Waals surface area contributed by atoms with Crippen molar-refractivity contribution in [2.75, 3.05) is 0 Å². The summed E-state index contributed by atoms with van der Waals surface area (Å²) in [6.07, 6.45) is 3.59. The van der Waals surface area contributed by atoms with Crippen molar-refractivity contribution < 1.29 is 5.11 Å². The second kappa shape index (κ2) is 4.74. The molecule has 68 valence electrons. The van der Waals surface area contributed by atoms with Crippen molar-refractivity contribution in [3.8, 4) is 5.75 Å². The van der Waals surface area contributed by atoms with Gasteiger partial charge in [0.15, 0.2) is 0 Å². The van der Waals surface area contributed by atoms with Gasteiger partial charge in [0.25, 0.3) is 0 Å². The van der Waals surface area contributed by atoms with Gasteiger partial charge < -0.3 is 5.11 Å². The van der Waals surface area contributed by atoms with Gasteiger partial charge >= 0.3 is 0 Å². The molecule has 0 fully saturated rings. The van der Waals surface area contributed by atoms with E-state index >= 15 is 0 Å². The largest absolute Gasteiger partial charge is 0.508 e. The Bertz CT molecular complexity index is 316. The van der Waals surface area contributed by atoms with E-state index in [9.17, 15) is 0 Å². The summed E-state index contributed by atoms with van der Waals surface area (Å²) in [5.74, 6) is 0.262. The first-order valence-corrected chi connectivity index (χ1v) is 4.64. The van der Waals surface area contributed by atoms with Gasteiger partial charge in [-0.2, -0.15) is 0 Å². The van der Waals surface area contributed by atoms with Crippen molar-refractivity contribution in [2.45, 2.75) is 0 Å². The van der Waals surface area contributed by atoms with E-state index in [0.717, 1.165) is 22.4 Å². The lowest BCUT2D eigenvalue weighted by Gasteiger charge is -1.97. The summed E-state index contributed by atoms with van der Waals surface area (Å²) in [7, 11) is 0. The predicted molar refractivity (Wildman–Crippen MR) is 58.1 cm³/mol. The van der Waals surface area contributed by atoms with Crippen molar-refractivity contribution in [2.24, 2.45) is 5.14 Å². The lowest BCUT2D eigenvalue weighted by Crippen LogP contribution is -1.79. The number of hydrogen-bond acceptors (Lipinski definition) is 3. The number of hydrogen-bond donors (Lipinski definition) is 2. The first-order chi connectivity index (χ1) is 6.26. The molecule has 2 nitrogen and oxygen atoms in total. The van der Waals surface area contributed by atoms with Crippen molar-refractivity contribution >= 4 is 18.0 Å². The first-order valence-electron chi connectivity index (χ1n) is 3.76. The number of phenols is 1. The van der Waals surface area contributed by atoms with Crippen LogP contribution in [-0.4, -0.2) is 5.11 Å². The van der Waals surface area contributed by atoms with Gasteiger partial charge in [-0.1, -0.05) is 24.8 Å². The van der Waals surface area contributed by atoms with E-state index in [2.05, 4.69) is 6.58 Å². The molecule has 3 N–H and O–H groups in total. The van der Waals surface area contributed by atoms with Crippen LogP contribution in [0.1, 0.15) is 5.56 Å². The molecule has 13 heavy (non-hydrogen) atoms. The second-order valence-corrected chi connectivity index (χ2v) is 3.17. The molecule has 0 aliphatic carbocycles. The Hall–Kier alpha value is -1.19.